The molecule has 0 unspecified atom stereocenters. The highest BCUT2D eigenvalue weighted by atomic mass is 19.4. The molecule has 1 rings (SSSR count). The zero-order valence-corrected chi connectivity index (χ0v) is 12.3. The number of para-hydroxylation sites is 1. The van der Waals surface area contributed by atoms with Gasteiger partial charge < -0.3 is 10.6 Å². The number of carbonyl (C=O) groups excluding carboxylic acids is 2. The number of rotatable bonds is 5. The molecule has 1 aromatic rings. The van der Waals surface area contributed by atoms with Crippen LogP contribution in [0.25, 0.3) is 0 Å². The summed E-state index contributed by atoms with van der Waals surface area (Å²) < 4.78 is 38.6. The summed E-state index contributed by atoms with van der Waals surface area (Å²) in [7, 11) is 0. The van der Waals surface area contributed by atoms with Crippen LogP contribution in [0.15, 0.2) is 36.9 Å². The minimum Gasteiger partial charge on any atom is -0.352 e. The van der Waals surface area contributed by atoms with Crippen LogP contribution in [0.3, 0.4) is 0 Å². The maximum atomic E-state index is 12.9. The molecule has 1 aromatic carbocycles. The second-order valence-electron chi connectivity index (χ2n) is 5.12. The Hall–Kier alpha value is -2.31. The lowest BCUT2D eigenvalue weighted by molar-refractivity contribution is -0.138. The molecule has 0 fully saturated rings. The molecule has 0 saturated carbocycles. The fraction of sp³-hybridized carbons (Fsp3) is 0.333. The SMILES string of the molecule is C=CCNC(=O)C(C)(C)C(=O)Nc1ccccc1C(F)(F)F. The van der Waals surface area contributed by atoms with Crippen LogP contribution < -0.4 is 10.6 Å². The van der Waals surface area contributed by atoms with E-state index in [9.17, 15) is 22.8 Å². The Balaban J connectivity index is 2.98. The zero-order valence-electron chi connectivity index (χ0n) is 12.3. The largest absolute Gasteiger partial charge is 0.418 e. The normalized spacial score (nSPS) is 11.7. The van der Waals surface area contributed by atoms with Crippen molar-refractivity contribution in [3.05, 3.63) is 42.5 Å². The number of alkyl halides is 3. The average molecular weight is 314 g/mol. The molecule has 0 aliphatic carbocycles. The van der Waals surface area contributed by atoms with E-state index in [1.54, 1.807) is 0 Å². The molecule has 0 radical (unpaired) electrons. The summed E-state index contributed by atoms with van der Waals surface area (Å²) in [5, 5.41) is 4.61. The Labute approximate surface area is 126 Å². The number of hydrogen-bond acceptors (Lipinski definition) is 2. The fourth-order valence-corrected chi connectivity index (χ4v) is 1.61. The Morgan fingerprint density at radius 2 is 1.77 bits per heavy atom. The second-order valence-corrected chi connectivity index (χ2v) is 5.12. The number of anilines is 1. The summed E-state index contributed by atoms with van der Waals surface area (Å²) in [6, 6.07) is 4.59. The molecule has 7 heteroatoms. The molecule has 22 heavy (non-hydrogen) atoms. The van der Waals surface area contributed by atoms with Gasteiger partial charge in [0.15, 0.2) is 0 Å². The van der Waals surface area contributed by atoms with Crippen LogP contribution >= 0.6 is 0 Å². The number of benzene rings is 1. The number of halogens is 3. The van der Waals surface area contributed by atoms with E-state index in [2.05, 4.69) is 17.2 Å². The van der Waals surface area contributed by atoms with Crippen molar-refractivity contribution in [2.24, 2.45) is 5.41 Å². The van der Waals surface area contributed by atoms with Gasteiger partial charge in [-0.25, -0.2) is 0 Å². The lowest BCUT2D eigenvalue weighted by Gasteiger charge is -2.23. The third kappa shape index (κ3) is 4.09. The van der Waals surface area contributed by atoms with Crippen molar-refractivity contribution < 1.29 is 22.8 Å². The molecule has 0 aromatic heterocycles. The van der Waals surface area contributed by atoms with Gasteiger partial charge in [0.1, 0.15) is 5.41 Å². The molecule has 0 bridgehead atoms. The van der Waals surface area contributed by atoms with Crippen molar-refractivity contribution in [3.8, 4) is 0 Å². The Bertz CT molecular complexity index is 580. The van der Waals surface area contributed by atoms with E-state index in [0.29, 0.717) is 0 Å². The maximum Gasteiger partial charge on any atom is 0.418 e. The van der Waals surface area contributed by atoms with Gasteiger partial charge in [-0.2, -0.15) is 13.2 Å². The number of carbonyl (C=O) groups is 2. The predicted molar refractivity (Wildman–Crippen MR) is 77.1 cm³/mol. The molecule has 0 heterocycles. The fourth-order valence-electron chi connectivity index (χ4n) is 1.61. The summed E-state index contributed by atoms with van der Waals surface area (Å²) in [6.07, 6.45) is -3.16. The van der Waals surface area contributed by atoms with Crippen LogP contribution in [0, 0.1) is 5.41 Å². The molecule has 0 atom stereocenters. The van der Waals surface area contributed by atoms with Gasteiger partial charge in [0.25, 0.3) is 0 Å². The van der Waals surface area contributed by atoms with Crippen LogP contribution in [-0.4, -0.2) is 18.4 Å². The van der Waals surface area contributed by atoms with Crippen LogP contribution in [0.2, 0.25) is 0 Å². The third-order valence-electron chi connectivity index (χ3n) is 3.02. The molecule has 2 N–H and O–H groups in total. The van der Waals surface area contributed by atoms with Gasteiger partial charge in [-0.1, -0.05) is 18.2 Å². The maximum absolute atomic E-state index is 12.9. The lowest BCUT2D eigenvalue weighted by Crippen LogP contribution is -2.45. The highest BCUT2D eigenvalue weighted by molar-refractivity contribution is 6.10. The Morgan fingerprint density at radius 3 is 2.32 bits per heavy atom. The van der Waals surface area contributed by atoms with Crippen LogP contribution in [-0.2, 0) is 15.8 Å². The standard InChI is InChI=1S/C15H17F3N2O2/c1-4-9-19-12(21)14(2,3)13(22)20-11-8-6-5-7-10(11)15(16,17)18/h4-8H,1,9H2,2-3H3,(H,19,21)(H,20,22). The van der Waals surface area contributed by atoms with Crippen molar-refractivity contribution >= 4 is 17.5 Å². The van der Waals surface area contributed by atoms with Crippen molar-refractivity contribution in [1.29, 1.82) is 0 Å². The van der Waals surface area contributed by atoms with Gasteiger partial charge in [0.05, 0.1) is 11.3 Å². The smallest absolute Gasteiger partial charge is 0.352 e. The quantitative estimate of drug-likeness (QED) is 0.648. The Morgan fingerprint density at radius 1 is 1.18 bits per heavy atom. The van der Waals surface area contributed by atoms with Crippen molar-refractivity contribution in [2.75, 3.05) is 11.9 Å². The second kappa shape index (κ2) is 6.64. The first kappa shape index (κ1) is 17.7. The summed E-state index contributed by atoms with van der Waals surface area (Å²) in [6.45, 7) is 6.25. The van der Waals surface area contributed by atoms with Gasteiger partial charge in [0.2, 0.25) is 11.8 Å². The van der Waals surface area contributed by atoms with E-state index in [1.807, 2.05) is 0 Å². The average Bonchev–Trinajstić information content (AvgIpc) is 2.43. The van der Waals surface area contributed by atoms with Crippen LogP contribution in [0.5, 0.6) is 0 Å². The summed E-state index contributed by atoms with van der Waals surface area (Å²) in [4.78, 5) is 24.0. The molecular formula is C15H17F3N2O2. The van der Waals surface area contributed by atoms with Gasteiger partial charge in [-0.15, -0.1) is 6.58 Å². The molecule has 0 aliphatic rings. The van der Waals surface area contributed by atoms with E-state index >= 15 is 0 Å². The Kier molecular flexibility index (Phi) is 5.35. The molecule has 0 aliphatic heterocycles. The van der Waals surface area contributed by atoms with Crippen molar-refractivity contribution in [3.63, 3.8) is 0 Å². The van der Waals surface area contributed by atoms with Gasteiger partial charge >= 0.3 is 6.18 Å². The summed E-state index contributed by atoms with van der Waals surface area (Å²) >= 11 is 0. The number of hydrogen-bond donors (Lipinski definition) is 2. The monoisotopic (exact) mass is 314 g/mol. The van der Waals surface area contributed by atoms with E-state index < -0.39 is 29.0 Å². The van der Waals surface area contributed by atoms with E-state index in [-0.39, 0.29) is 12.2 Å². The molecule has 2 amide bonds. The summed E-state index contributed by atoms with van der Waals surface area (Å²) in [5.74, 6) is -1.43. The first-order chi connectivity index (χ1) is 10.1. The predicted octanol–water partition coefficient (Wildman–Crippen LogP) is 2.97. The third-order valence-corrected chi connectivity index (χ3v) is 3.02. The van der Waals surface area contributed by atoms with Crippen LogP contribution in [0.1, 0.15) is 19.4 Å². The minimum absolute atomic E-state index is 0.161. The van der Waals surface area contributed by atoms with E-state index in [4.69, 9.17) is 0 Å². The highest BCUT2D eigenvalue weighted by Gasteiger charge is 2.38. The first-order valence-corrected chi connectivity index (χ1v) is 6.47. The van der Waals surface area contributed by atoms with Crippen molar-refractivity contribution in [1.82, 2.24) is 5.32 Å². The molecule has 0 spiro atoms. The lowest BCUT2D eigenvalue weighted by atomic mass is 9.90. The molecule has 4 nitrogen and oxygen atoms in total. The van der Waals surface area contributed by atoms with Gasteiger partial charge in [0, 0.05) is 6.54 Å². The zero-order chi connectivity index (χ0) is 17.0. The van der Waals surface area contributed by atoms with Gasteiger partial charge in [-0.05, 0) is 26.0 Å². The minimum atomic E-state index is -4.60. The number of amides is 2. The van der Waals surface area contributed by atoms with Crippen molar-refractivity contribution in [2.45, 2.75) is 20.0 Å². The number of nitrogens with one attached hydrogen (secondary N) is 2. The van der Waals surface area contributed by atoms with Gasteiger partial charge in [-0.3, -0.25) is 9.59 Å². The van der Waals surface area contributed by atoms with E-state index in [1.165, 1.54) is 32.1 Å². The topological polar surface area (TPSA) is 58.2 Å². The summed E-state index contributed by atoms with van der Waals surface area (Å²) in [5.41, 5.74) is -2.88. The molecular weight excluding hydrogens is 297 g/mol. The highest BCUT2D eigenvalue weighted by Crippen LogP contribution is 2.35. The van der Waals surface area contributed by atoms with Crippen LogP contribution in [0.4, 0.5) is 18.9 Å². The molecule has 120 valence electrons. The first-order valence-electron chi connectivity index (χ1n) is 6.47. The van der Waals surface area contributed by atoms with E-state index in [0.717, 1.165) is 12.1 Å². The molecule has 0 saturated heterocycles.